The Morgan fingerprint density at radius 1 is 1.47 bits per heavy atom. The molecule has 1 rings (SSSR count). The van der Waals surface area contributed by atoms with E-state index in [1.165, 1.54) is 0 Å². The lowest BCUT2D eigenvalue weighted by molar-refractivity contribution is -0.119. The summed E-state index contributed by atoms with van der Waals surface area (Å²) in [7, 11) is 0. The van der Waals surface area contributed by atoms with E-state index < -0.39 is 11.9 Å². The molecule has 0 radical (unpaired) electrons. The molecule has 1 aromatic carbocycles. The maximum Gasteiger partial charge on any atom is 0.235 e. The van der Waals surface area contributed by atoms with E-state index >= 15 is 0 Å². The molecule has 1 atom stereocenters. The Morgan fingerprint density at radius 2 is 2.13 bits per heavy atom. The minimum absolute atomic E-state index is 0.322. The van der Waals surface area contributed by atoms with Crippen molar-refractivity contribution in [2.75, 3.05) is 0 Å². The van der Waals surface area contributed by atoms with E-state index in [0.29, 0.717) is 13.0 Å². The summed E-state index contributed by atoms with van der Waals surface area (Å²) in [5.41, 5.74) is 6.29. The molecule has 3 nitrogen and oxygen atoms in total. The lowest BCUT2D eigenvalue weighted by Gasteiger charge is -2.12. The molecule has 3 N–H and O–H groups in total. The standard InChI is InChI=1S/C12H14N2O/c1-2-6-11(12(13)15)14-9-10-7-4-3-5-8-10/h1,3-5,7-8,11,14H,6,9H2,(H2,13,15). The van der Waals surface area contributed by atoms with Gasteiger partial charge in [0.25, 0.3) is 0 Å². The van der Waals surface area contributed by atoms with Crippen LogP contribution in [-0.4, -0.2) is 11.9 Å². The van der Waals surface area contributed by atoms with E-state index in [4.69, 9.17) is 12.2 Å². The van der Waals surface area contributed by atoms with Gasteiger partial charge in [-0.3, -0.25) is 4.79 Å². The topological polar surface area (TPSA) is 55.1 Å². The molecule has 15 heavy (non-hydrogen) atoms. The second-order valence-corrected chi connectivity index (χ2v) is 3.23. The van der Waals surface area contributed by atoms with Gasteiger partial charge >= 0.3 is 0 Å². The first-order valence-corrected chi connectivity index (χ1v) is 4.74. The molecule has 0 fully saturated rings. The Balaban J connectivity index is 2.48. The lowest BCUT2D eigenvalue weighted by Crippen LogP contribution is -2.40. The molecule has 1 amide bonds. The fourth-order valence-corrected chi connectivity index (χ4v) is 1.23. The third-order valence-electron chi connectivity index (χ3n) is 2.06. The molecule has 0 aliphatic rings. The SMILES string of the molecule is C#CCC(NCc1ccccc1)C(N)=O. The van der Waals surface area contributed by atoms with E-state index in [2.05, 4.69) is 11.2 Å². The number of rotatable bonds is 5. The fraction of sp³-hybridized carbons (Fsp3) is 0.250. The van der Waals surface area contributed by atoms with Crippen LogP contribution in [0.4, 0.5) is 0 Å². The van der Waals surface area contributed by atoms with E-state index in [9.17, 15) is 4.79 Å². The number of nitrogens with two attached hydrogens (primary N) is 1. The maximum absolute atomic E-state index is 11.0. The van der Waals surface area contributed by atoms with Crippen LogP contribution in [0.2, 0.25) is 0 Å². The second-order valence-electron chi connectivity index (χ2n) is 3.23. The van der Waals surface area contributed by atoms with Gasteiger partial charge in [-0.1, -0.05) is 30.3 Å². The molecule has 1 unspecified atom stereocenters. The number of primary amides is 1. The Morgan fingerprint density at radius 3 is 2.67 bits per heavy atom. The lowest BCUT2D eigenvalue weighted by atomic mass is 10.1. The van der Waals surface area contributed by atoms with Gasteiger partial charge in [0.1, 0.15) is 0 Å². The first-order chi connectivity index (χ1) is 7.24. The highest BCUT2D eigenvalue weighted by atomic mass is 16.1. The van der Waals surface area contributed by atoms with Crippen LogP contribution in [0.3, 0.4) is 0 Å². The molecule has 0 bridgehead atoms. The summed E-state index contributed by atoms with van der Waals surface area (Å²) in [6, 6.07) is 9.32. The number of benzene rings is 1. The molecule has 3 heteroatoms. The van der Waals surface area contributed by atoms with Gasteiger partial charge < -0.3 is 11.1 Å². The summed E-state index contributed by atoms with van der Waals surface area (Å²) < 4.78 is 0. The summed E-state index contributed by atoms with van der Waals surface area (Å²) in [4.78, 5) is 11.0. The predicted octanol–water partition coefficient (Wildman–Crippen LogP) is 0.653. The number of nitrogens with one attached hydrogen (secondary N) is 1. The van der Waals surface area contributed by atoms with Crippen molar-refractivity contribution in [1.82, 2.24) is 5.32 Å². The smallest absolute Gasteiger partial charge is 0.235 e. The van der Waals surface area contributed by atoms with E-state index in [0.717, 1.165) is 5.56 Å². The monoisotopic (exact) mass is 202 g/mol. The Labute approximate surface area is 89.7 Å². The molecule has 0 saturated heterocycles. The highest BCUT2D eigenvalue weighted by Crippen LogP contribution is 1.99. The highest BCUT2D eigenvalue weighted by molar-refractivity contribution is 5.80. The molecule has 1 aromatic rings. The van der Waals surface area contributed by atoms with Gasteiger partial charge in [0.15, 0.2) is 0 Å². The maximum atomic E-state index is 11.0. The zero-order chi connectivity index (χ0) is 11.1. The zero-order valence-electron chi connectivity index (χ0n) is 8.44. The fourth-order valence-electron chi connectivity index (χ4n) is 1.23. The number of hydrogen-bond donors (Lipinski definition) is 2. The highest BCUT2D eigenvalue weighted by Gasteiger charge is 2.12. The normalized spacial score (nSPS) is 11.7. The first kappa shape index (κ1) is 11.3. The van der Waals surface area contributed by atoms with Crippen LogP contribution in [-0.2, 0) is 11.3 Å². The molecule has 78 valence electrons. The Bertz CT molecular complexity index is 354. The van der Waals surface area contributed by atoms with Crippen LogP contribution in [0.25, 0.3) is 0 Å². The predicted molar refractivity (Wildman–Crippen MR) is 59.7 cm³/mol. The van der Waals surface area contributed by atoms with Gasteiger partial charge in [0.2, 0.25) is 5.91 Å². The van der Waals surface area contributed by atoms with Gasteiger partial charge in [0, 0.05) is 13.0 Å². The summed E-state index contributed by atoms with van der Waals surface area (Å²) in [5, 5.41) is 3.02. The van der Waals surface area contributed by atoms with Crippen molar-refractivity contribution in [3.05, 3.63) is 35.9 Å². The second kappa shape index (κ2) is 5.84. The summed E-state index contributed by atoms with van der Waals surface area (Å²) in [6.45, 7) is 0.593. The van der Waals surface area contributed by atoms with Crippen LogP contribution in [0, 0.1) is 12.3 Å². The molecule has 0 saturated carbocycles. The van der Waals surface area contributed by atoms with Gasteiger partial charge in [-0.05, 0) is 5.56 Å². The molecule has 0 heterocycles. The number of carbonyl (C=O) groups is 1. The van der Waals surface area contributed by atoms with E-state index in [1.54, 1.807) is 0 Å². The summed E-state index contributed by atoms with van der Waals surface area (Å²) >= 11 is 0. The van der Waals surface area contributed by atoms with Crippen LogP contribution >= 0.6 is 0 Å². The quantitative estimate of drug-likeness (QED) is 0.689. The minimum Gasteiger partial charge on any atom is -0.368 e. The molecular weight excluding hydrogens is 188 g/mol. The van der Waals surface area contributed by atoms with Crippen molar-refractivity contribution in [2.24, 2.45) is 5.73 Å². The van der Waals surface area contributed by atoms with Gasteiger partial charge in [-0.25, -0.2) is 0 Å². The van der Waals surface area contributed by atoms with Crippen molar-refractivity contribution >= 4 is 5.91 Å². The van der Waals surface area contributed by atoms with Crippen LogP contribution < -0.4 is 11.1 Å². The first-order valence-electron chi connectivity index (χ1n) is 4.74. The largest absolute Gasteiger partial charge is 0.368 e. The molecule has 0 aliphatic heterocycles. The minimum atomic E-state index is -0.449. The van der Waals surface area contributed by atoms with Crippen LogP contribution in [0.1, 0.15) is 12.0 Å². The van der Waals surface area contributed by atoms with Crippen LogP contribution in [0.5, 0.6) is 0 Å². The zero-order valence-corrected chi connectivity index (χ0v) is 8.44. The van der Waals surface area contributed by atoms with Crippen molar-refractivity contribution in [1.29, 1.82) is 0 Å². The van der Waals surface area contributed by atoms with Crippen molar-refractivity contribution in [3.8, 4) is 12.3 Å². The number of amides is 1. The van der Waals surface area contributed by atoms with Crippen molar-refractivity contribution in [3.63, 3.8) is 0 Å². The molecular formula is C12H14N2O. The average Bonchev–Trinajstić information content (AvgIpc) is 2.25. The van der Waals surface area contributed by atoms with E-state index in [1.807, 2.05) is 30.3 Å². The number of carbonyl (C=O) groups excluding carboxylic acids is 1. The average molecular weight is 202 g/mol. The summed E-state index contributed by atoms with van der Waals surface area (Å²) in [5.74, 6) is 2.01. The molecule has 0 aliphatic carbocycles. The van der Waals surface area contributed by atoms with Crippen molar-refractivity contribution in [2.45, 2.75) is 19.0 Å². The molecule has 0 aromatic heterocycles. The Kier molecular flexibility index (Phi) is 4.39. The summed E-state index contributed by atoms with van der Waals surface area (Å²) in [6.07, 6.45) is 5.46. The number of hydrogen-bond acceptors (Lipinski definition) is 2. The van der Waals surface area contributed by atoms with Gasteiger partial charge in [-0.2, -0.15) is 0 Å². The molecule has 0 spiro atoms. The van der Waals surface area contributed by atoms with Crippen molar-refractivity contribution < 1.29 is 4.79 Å². The Hall–Kier alpha value is -1.79. The third kappa shape index (κ3) is 3.84. The van der Waals surface area contributed by atoms with E-state index in [-0.39, 0.29) is 0 Å². The van der Waals surface area contributed by atoms with Gasteiger partial charge in [-0.15, -0.1) is 12.3 Å². The van der Waals surface area contributed by atoms with Gasteiger partial charge in [0.05, 0.1) is 6.04 Å². The van der Waals surface area contributed by atoms with Crippen LogP contribution in [0.15, 0.2) is 30.3 Å². The number of terminal acetylenes is 1. The third-order valence-corrected chi connectivity index (χ3v) is 2.06.